The van der Waals surface area contributed by atoms with Gasteiger partial charge in [0.15, 0.2) is 6.10 Å². The van der Waals surface area contributed by atoms with Crippen LogP contribution in [0.1, 0.15) is 201 Å². The smallest absolute Gasteiger partial charge is 0.462 e. The van der Waals surface area contributed by atoms with Gasteiger partial charge in [0.25, 0.3) is 0 Å². The van der Waals surface area contributed by atoms with Crippen LogP contribution in [0.4, 0.5) is 0 Å². The van der Waals surface area contributed by atoms with Crippen LogP contribution in [0.25, 0.3) is 0 Å². The number of carbonyl (C=O) groups is 2. The SMILES string of the molecule is CCCCC/C=C\C[C@@H](O)/C=C/C=C/C=C\[C@@H](O)CCCC(=O)OC[C@H](COP(=O)(O)OC[C@@H](O)CO)OC(=O)CCCCCCCCCCCCCCCCCCCCC(C)C. The van der Waals surface area contributed by atoms with Gasteiger partial charge in [0.2, 0.25) is 0 Å². The Bertz CT molecular complexity index is 1240. The summed E-state index contributed by atoms with van der Waals surface area (Å²) < 4.78 is 32.6. The zero-order valence-electron chi connectivity index (χ0n) is 39.7. The fourth-order valence-electron chi connectivity index (χ4n) is 6.73. The molecule has 0 spiro atoms. The summed E-state index contributed by atoms with van der Waals surface area (Å²) in [4.78, 5) is 35.1. The van der Waals surface area contributed by atoms with Gasteiger partial charge in [-0.1, -0.05) is 198 Å². The average Bonchev–Trinajstić information content (AvgIpc) is 3.25. The van der Waals surface area contributed by atoms with E-state index < -0.39 is 70.6 Å². The number of aliphatic hydroxyl groups is 4. The van der Waals surface area contributed by atoms with E-state index in [1.54, 1.807) is 36.5 Å². The summed E-state index contributed by atoms with van der Waals surface area (Å²) in [6.45, 7) is 4.41. The Kier molecular flexibility index (Phi) is 42.2. The quantitative estimate of drug-likeness (QED) is 0.0128. The predicted octanol–water partition coefficient (Wildman–Crippen LogP) is 11.5. The lowest BCUT2D eigenvalue weighted by Gasteiger charge is -2.20. The van der Waals surface area contributed by atoms with Gasteiger partial charge in [0, 0.05) is 12.8 Å². The molecule has 63 heavy (non-hydrogen) atoms. The highest BCUT2D eigenvalue weighted by Gasteiger charge is 2.27. The molecule has 0 bridgehead atoms. The Hall–Kier alpha value is -2.15. The maximum absolute atomic E-state index is 12.7. The van der Waals surface area contributed by atoms with E-state index in [0.717, 1.165) is 38.0 Å². The summed E-state index contributed by atoms with van der Waals surface area (Å²) in [7, 11) is -4.68. The minimum absolute atomic E-state index is 0.0182. The number of hydrogen-bond donors (Lipinski definition) is 5. The van der Waals surface area contributed by atoms with E-state index in [1.165, 1.54) is 109 Å². The van der Waals surface area contributed by atoms with Crippen LogP contribution in [-0.4, -0.2) is 88.1 Å². The zero-order valence-corrected chi connectivity index (χ0v) is 40.6. The molecule has 13 heteroatoms. The Morgan fingerprint density at radius 3 is 1.62 bits per heavy atom. The van der Waals surface area contributed by atoms with Crippen LogP contribution in [0.15, 0.2) is 48.6 Å². The van der Waals surface area contributed by atoms with Gasteiger partial charge in [-0.25, -0.2) is 4.57 Å². The number of aliphatic hydroxyl groups excluding tert-OH is 4. The van der Waals surface area contributed by atoms with Gasteiger partial charge in [-0.2, -0.15) is 0 Å². The van der Waals surface area contributed by atoms with Crippen molar-refractivity contribution in [3.8, 4) is 0 Å². The number of ether oxygens (including phenoxy) is 2. The third-order valence-corrected chi connectivity index (χ3v) is 11.6. The summed E-state index contributed by atoms with van der Waals surface area (Å²) in [6, 6.07) is 0. The van der Waals surface area contributed by atoms with Gasteiger partial charge >= 0.3 is 19.8 Å². The first-order valence-electron chi connectivity index (χ1n) is 24.7. The van der Waals surface area contributed by atoms with E-state index in [-0.39, 0.29) is 12.8 Å². The predicted molar refractivity (Wildman–Crippen MR) is 254 cm³/mol. The summed E-state index contributed by atoms with van der Waals surface area (Å²) in [5.74, 6) is -0.328. The van der Waals surface area contributed by atoms with Crippen molar-refractivity contribution in [3.63, 3.8) is 0 Å². The van der Waals surface area contributed by atoms with E-state index in [2.05, 4.69) is 31.4 Å². The molecule has 368 valence electrons. The van der Waals surface area contributed by atoms with E-state index in [0.29, 0.717) is 25.7 Å². The van der Waals surface area contributed by atoms with Crippen molar-refractivity contribution in [2.75, 3.05) is 26.4 Å². The Morgan fingerprint density at radius 2 is 1.08 bits per heavy atom. The molecule has 0 fully saturated rings. The number of esters is 2. The van der Waals surface area contributed by atoms with E-state index in [4.69, 9.17) is 19.1 Å². The number of allylic oxidation sites excluding steroid dienone is 5. The van der Waals surface area contributed by atoms with E-state index in [9.17, 15) is 34.4 Å². The van der Waals surface area contributed by atoms with Gasteiger partial charge in [-0.3, -0.25) is 18.6 Å². The highest BCUT2D eigenvalue weighted by molar-refractivity contribution is 7.47. The highest BCUT2D eigenvalue weighted by atomic mass is 31.2. The molecule has 0 amide bonds. The van der Waals surface area contributed by atoms with Gasteiger partial charge in [-0.15, -0.1) is 0 Å². The molecule has 0 aromatic carbocycles. The lowest BCUT2D eigenvalue weighted by molar-refractivity contribution is -0.161. The minimum atomic E-state index is -4.68. The molecule has 0 aliphatic rings. The largest absolute Gasteiger partial charge is 0.472 e. The molecule has 0 aliphatic carbocycles. The van der Waals surface area contributed by atoms with E-state index in [1.807, 2.05) is 6.08 Å². The molecule has 0 aliphatic heterocycles. The molecule has 12 nitrogen and oxygen atoms in total. The number of unbranched alkanes of at least 4 members (excludes halogenated alkanes) is 20. The van der Waals surface area contributed by atoms with Crippen molar-refractivity contribution in [2.45, 2.75) is 225 Å². The number of carbonyl (C=O) groups excluding carboxylic acids is 2. The number of phosphoric ester groups is 1. The number of rotatable bonds is 45. The van der Waals surface area contributed by atoms with Crippen molar-refractivity contribution in [1.29, 1.82) is 0 Å². The van der Waals surface area contributed by atoms with Gasteiger partial charge in [-0.05, 0) is 44.4 Å². The Morgan fingerprint density at radius 1 is 0.571 bits per heavy atom. The standard InChI is InChI=1S/C50H91O12P/c1-4-5-6-7-23-28-34-45(52)35-29-25-26-30-36-46(53)37-32-39-49(55)59-42-48(43-61-63(57,58)60-41-47(54)40-51)62-50(56)38-31-24-21-19-17-15-13-11-9-8-10-12-14-16-18-20-22-27-33-44(2)3/h23,25-26,28-30,35-36,44-48,51-54H,4-22,24,27,31-34,37-43H2,1-3H3,(H,57,58)/b26-25+,28-23-,35-29+,36-30-/t45-,46-,47+,48-/m1/s1. The Labute approximate surface area is 382 Å². The van der Waals surface area contributed by atoms with Gasteiger partial charge in [0.05, 0.1) is 32.0 Å². The molecule has 0 radical (unpaired) electrons. The van der Waals surface area contributed by atoms with Crippen LogP contribution in [0.5, 0.6) is 0 Å². The molecule has 0 saturated heterocycles. The van der Waals surface area contributed by atoms with E-state index >= 15 is 0 Å². The topological polar surface area (TPSA) is 189 Å². The normalized spacial score (nSPS) is 15.2. The molecular formula is C50H91O12P. The molecule has 0 rings (SSSR count). The molecular weight excluding hydrogens is 824 g/mol. The first kappa shape index (κ1) is 60.9. The fourth-order valence-corrected chi connectivity index (χ4v) is 7.52. The number of phosphoric acid groups is 1. The second-order valence-electron chi connectivity index (χ2n) is 17.4. The highest BCUT2D eigenvalue weighted by Crippen LogP contribution is 2.43. The zero-order chi connectivity index (χ0) is 46.7. The average molecular weight is 915 g/mol. The first-order chi connectivity index (χ1) is 30.4. The summed E-state index contributed by atoms with van der Waals surface area (Å²) in [5.41, 5.74) is 0. The maximum Gasteiger partial charge on any atom is 0.472 e. The molecule has 0 saturated carbocycles. The van der Waals surface area contributed by atoms with Crippen molar-refractivity contribution < 1.29 is 58.0 Å². The summed E-state index contributed by atoms with van der Waals surface area (Å²) in [5, 5.41) is 38.7. The van der Waals surface area contributed by atoms with Crippen molar-refractivity contribution >= 4 is 19.8 Å². The number of hydrogen-bond acceptors (Lipinski definition) is 11. The molecule has 5 N–H and O–H groups in total. The lowest BCUT2D eigenvalue weighted by Crippen LogP contribution is -2.30. The van der Waals surface area contributed by atoms with Crippen LogP contribution in [0.2, 0.25) is 0 Å². The Balaban J connectivity index is 4.40. The second kappa shape index (κ2) is 43.7. The van der Waals surface area contributed by atoms with Gasteiger partial charge in [0.1, 0.15) is 12.7 Å². The van der Waals surface area contributed by atoms with Crippen molar-refractivity contribution in [2.24, 2.45) is 5.92 Å². The maximum atomic E-state index is 12.7. The van der Waals surface area contributed by atoms with Gasteiger partial charge < -0.3 is 34.8 Å². The third kappa shape index (κ3) is 44.8. The lowest BCUT2D eigenvalue weighted by atomic mass is 10.0. The second-order valence-corrected chi connectivity index (χ2v) is 18.8. The molecule has 0 heterocycles. The van der Waals surface area contributed by atoms with Crippen molar-refractivity contribution in [3.05, 3.63) is 48.6 Å². The third-order valence-electron chi connectivity index (χ3n) is 10.6. The van der Waals surface area contributed by atoms with Crippen LogP contribution < -0.4 is 0 Å². The summed E-state index contributed by atoms with van der Waals surface area (Å²) >= 11 is 0. The van der Waals surface area contributed by atoms with Crippen LogP contribution >= 0.6 is 7.82 Å². The van der Waals surface area contributed by atoms with Crippen LogP contribution in [-0.2, 0) is 32.7 Å². The van der Waals surface area contributed by atoms with Crippen LogP contribution in [0.3, 0.4) is 0 Å². The molecule has 0 aromatic rings. The molecule has 1 unspecified atom stereocenters. The monoisotopic (exact) mass is 915 g/mol. The first-order valence-corrected chi connectivity index (χ1v) is 26.2. The summed E-state index contributed by atoms with van der Waals surface area (Å²) in [6.07, 6.45) is 39.9. The van der Waals surface area contributed by atoms with Crippen LogP contribution in [0, 0.1) is 5.92 Å². The van der Waals surface area contributed by atoms with Crippen molar-refractivity contribution in [1.82, 2.24) is 0 Å². The minimum Gasteiger partial charge on any atom is -0.462 e. The fraction of sp³-hybridized carbons (Fsp3) is 0.800. The molecule has 5 atom stereocenters. The molecule has 0 aromatic heterocycles.